The fraction of sp³-hybridized carbons (Fsp3) is 0.176. The molecule has 3 aromatic rings. The van der Waals surface area contributed by atoms with Crippen LogP contribution in [0.25, 0.3) is 11.4 Å². The maximum Gasteiger partial charge on any atom is 0.241 e. The van der Waals surface area contributed by atoms with Gasteiger partial charge in [-0.15, -0.1) is 10.2 Å². The van der Waals surface area contributed by atoms with E-state index in [4.69, 9.17) is 0 Å². The van der Waals surface area contributed by atoms with Crippen LogP contribution in [0.15, 0.2) is 52.3 Å². The van der Waals surface area contributed by atoms with Crippen molar-refractivity contribution in [2.45, 2.75) is 22.7 Å². The number of rotatable bonds is 6. The highest BCUT2D eigenvalue weighted by Crippen LogP contribution is 2.52. The Hall–Kier alpha value is -2.45. The SMILES string of the molecule is O=Cn1c(SC2(C(=O)Nc3ccccc3)CC2)nnc1-c1ccsc1. The summed E-state index contributed by atoms with van der Waals surface area (Å²) in [6.45, 7) is 0. The Morgan fingerprint density at radius 2 is 2.04 bits per heavy atom. The summed E-state index contributed by atoms with van der Waals surface area (Å²) in [6.07, 6.45) is 2.19. The largest absolute Gasteiger partial charge is 0.325 e. The fourth-order valence-electron chi connectivity index (χ4n) is 2.46. The number of carbonyl (C=O) groups is 2. The van der Waals surface area contributed by atoms with Gasteiger partial charge in [0, 0.05) is 16.6 Å². The van der Waals surface area contributed by atoms with E-state index in [0.717, 1.165) is 24.1 Å². The number of aromatic nitrogens is 3. The van der Waals surface area contributed by atoms with Crippen molar-refractivity contribution in [3.63, 3.8) is 0 Å². The topological polar surface area (TPSA) is 76.9 Å². The van der Waals surface area contributed by atoms with Crippen molar-refractivity contribution in [3.05, 3.63) is 47.2 Å². The van der Waals surface area contributed by atoms with Gasteiger partial charge < -0.3 is 5.32 Å². The average Bonchev–Trinajstić information content (AvgIpc) is 3.05. The first-order valence-electron chi connectivity index (χ1n) is 7.70. The zero-order valence-corrected chi connectivity index (χ0v) is 14.7. The molecule has 0 saturated heterocycles. The highest BCUT2D eigenvalue weighted by Gasteiger charge is 2.52. The van der Waals surface area contributed by atoms with Crippen LogP contribution in [0.5, 0.6) is 0 Å². The minimum Gasteiger partial charge on any atom is -0.325 e. The number of thioether (sulfide) groups is 1. The van der Waals surface area contributed by atoms with Crippen LogP contribution in [0, 0.1) is 0 Å². The smallest absolute Gasteiger partial charge is 0.241 e. The molecule has 1 amide bonds. The minimum atomic E-state index is -0.588. The molecule has 2 heterocycles. The van der Waals surface area contributed by atoms with Crippen LogP contribution in [0.2, 0.25) is 0 Å². The summed E-state index contributed by atoms with van der Waals surface area (Å²) >= 11 is 2.83. The predicted octanol–water partition coefficient (Wildman–Crippen LogP) is 3.31. The molecule has 4 rings (SSSR count). The summed E-state index contributed by atoms with van der Waals surface area (Å²) in [7, 11) is 0. The van der Waals surface area contributed by atoms with Crippen LogP contribution in [0.4, 0.5) is 5.69 Å². The number of hydrogen-bond acceptors (Lipinski definition) is 6. The molecule has 6 nitrogen and oxygen atoms in total. The second kappa shape index (κ2) is 6.45. The summed E-state index contributed by atoms with van der Waals surface area (Å²) in [5, 5.41) is 15.5. The van der Waals surface area contributed by atoms with Gasteiger partial charge in [0.2, 0.25) is 12.3 Å². The van der Waals surface area contributed by atoms with E-state index in [9.17, 15) is 9.59 Å². The lowest BCUT2D eigenvalue weighted by molar-refractivity contribution is -0.116. The van der Waals surface area contributed by atoms with E-state index in [1.807, 2.05) is 47.2 Å². The molecule has 2 aromatic heterocycles. The van der Waals surface area contributed by atoms with Crippen LogP contribution in [0.3, 0.4) is 0 Å². The first kappa shape index (κ1) is 16.0. The third-order valence-corrected chi connectivity index (χ3v) is 6.11. The lowest BCUT2D eigenvalue weighted by Gasteiger charge is -2.14. The van der Waals surface area contributed by atoms with E-state index in [1.165, 1.54) is 27.7 Å². The van der Waals surface area contributed by atoms with Crippen LogP contribution in [-0.2, 0) is 9.59 Å². The van der Waals surface area contributed by atoms with Crippen LogP contribution < -0.4 is 5.32 Å². The number of nitrogens with zero attached hydrogens (tertiary/aromatic N) is 3. The van der Waals surface area contributed by atoms with Gasteiger partial charge in [-0.05, 0) is 36.4 Å². The van der Waals surface area contributed by atoms with Crippen LogP contribution in [0.1, 0.15) is 12.8 Å². The van der Waals surface area contributed by atoms with E-state index < -0.39 is 4.75 Å². The third kappa shape index (κ3) is 3.10. The van der Waals surface area contributed by atoms with Gasteiger partial charge in [0.15, 0.2) is 11.0 Å². The number of anilines is 1. The molecule has 1 saturated carbocycles. The Morgan fingerprint density at radius 3 is 2.68 bits per heavy atom. The Labute approximate surface area is 152 Å². The standard InChI is InChI=1S/C17H14N4O2S2/c22-11-21-14(12-6-9-24-10-12)19-20-16(21)25-17(7-8-17)15(23)18-13-4-2-1-3-5-13/h1-6,9-11H,7-8H2,(H,18,23). The van der Waals surface area contributed by atoms with Crippen molar-refractivity contribution in [1.29, 1.82) is 0 Å². The molecule has 8 heteroatoms. The van der Waals surface area contributed by atoms with E-state index >= 15 is 0 Å². The summed E-state index contributed by atoms with van der Waals surface area (Å²) in [6, 6.07) is 11.2. The van der Waals surface area contributed by atoms with Crippen molar-refractivity contribution in [1.82, 2.24) is 14.8 Å². The summed E-state index contributed by atoms with van der Waals surface area (Å²) in [4.78, 5) is 24.2. The maximum atomic E-state index is 12.7. The number of thiophene rings is 1. The lowest BCUT2D eigenvalue weighted by atomic mass is 10.3. The molecule has 1 aliphatic rings. The van der Waals surface area contributed by atoms with E-state index in [2.05, 4.69) is 15.5 Å². The summed E-state index contributed by atoms with van der Waals surface area (Å²) < 4.78 is 0.818. The molecule has 0 spiro atoms. The van der Waals surface area contributed by atoms with Gasteiger partial charge in [-0.2, -0.15) is 11.3 Å². The van der Waals surface area contributed by atoms with Gasteiger partial charge in [-0.3, -0.25) is 9.59 Å². The Kier molecular flexibility index (Phi) is 4.14. The molecule has 1 fully saturated rings. The number of benzene rings is 1. The van der Waals surface area contributed by atoms with E-state index in [0.29, 0.717) is 17.4 Å². The molecule has 126 valence electrons. The molecule has 0 bridgehead atoms. The number of nitrogens with one attached hydrogen (secondary N) is 1. The van der Waals surface area contributed by atoms with Gasteiger partial charge in [0.1, 0.15) is 4.75 Å². The Bertz CT molecular complexity index is 902. The number of amides is 1. The van der Waals surface area contributed by atoms with E-state index in [1.54, 1.807) is 0 Å². The zero-order valence-electron chi connectivity index (χ0n) is 13.1. The van der Waals surface area contributed by atoms with Gasteiger partial charge >= 0.3 is 0 Å². The highest BCUT2D eigenvalue weighted by molar-refractivity contribution is 8.01. The predicted molar refractivity (Wildman–Crippen MR) is 98.4 cm³/mol. The fourth-order valence-corrected chi connectivity index (χ4v) is 4.20. The summed E-state index contributed by atoms with van der Waals surface area (Å²) in [5.74, 6) is 0.430. The second-order valence-corrected chi connectivity index (χ2v) is 7.84. The van der Waals surface area contributed by atoms with E-state index in [-0.39, 0.29) is 5.91 Å². The van der Waals surface area contributed by atoms with Crippen LogP contribution in [-0.4, -0.2) is 31.8 Å². The molecule has 0 radical (unpaired) electrons. The molecule has 1 aliphatic carbocycles. The van der Waals surface area contributed by atoms with Crippen molar-refractivity contribution in [2.75, 3.05) is 5.32 Å². The van der Waals surface area contributed by atoms with Crippen molar-refractivity contribution in [2.24, 2.45) is 0 Å². The Morgan fingerprint density at radius 1 is 1.24 bits per heavy atom. The molecule has 25 heavy (non-hydrogen) atoms. The molecule has 0 atom stereocenters. The van der Waals surface area contributed by atoms with Gasteiger partial charge in [0.05, 0.1) is 0 Å². The third-order valence-electron chi connectivity index (χ3n) is 3.99. The van der Waals surface area contributed by atoms with Gasteiger partial charge in [0.25, 0.3) is 0 Å². The number of hydrogen-bond donors (Lipinski definition) is 1. The quantitative estimate of drug-likeness (QED) is 0.674. The number of carbonyl (C=O) groups excluding carboxylic acids is 2. The first-order valence-corrected chi connectivity index (χ1v) is 9.46. The maximum absolute atomic E-state index is 12.7. The average molecular weight is 370 g/mol. The summed E-state index contributed by atoms with van der Waals surface area (Å²) in [5.41, 5.74) is 1.60. The van der Waals surface area contributed by atoms with Crippen LogP contribution >= 0.6 is 23.1 Å². The monoisotopic (exact) mass is 370 g/mol. The molecule has 0 unspecified atom stereocenters. The highest BCUT2D eigenvalue weighted by atomic mass is 32.2. The first-order chi connectivity index (χ1) is 12.2. The molecule has 1 N–H and O–H groups in total. The lowest BCUT2D eigenvalue weighted by Crippen LogP contribution is -2.27. The molecular weight excluding hydrogens is 356 g/mol. The van der Waals surface area contributed by atoms with Gasteiger partial charge in [-0.1, -0.05) is 30.0 Å². The van der Waals surface area contributed by atoms with Crippen molar-refractivity contribution < 1.29 is 9.59 Å². The van der Waals surface area contributed by atoms with Crippen molar-refractivity contribution >= 4 is 41.1 Å². The van der Waals surface area contributed by atoms with Gasteiger partial charge in [-0.25, -0.2) is 4.57 Å². The Balaban J connectivity index is 1.56. The normalized spacial score (nSPS) is 14.9. The second-order valence-electron chi connectivity index (χ2n) is 5.71. The molecule has 1 aromatic carbocycles. The molecule has 0 aliphatic heterocycles. The number of para-hydroxylation sites is 1. The minimum absolute atomic E-state index is 0.0683. The van der Waals surface area contributed by atoms with Crippen molar-refractivity contribution in [3.8, 4) is 11.4 Å². The zero-order chi connectivity index (χ0) is 17.3. The molecular formula is C17H14N4O2S2.